The Bertz CT molecular complexity index is 526. The van der Waals surface area contributed by atoms with Crippen LogP contribution in [0, 0.1) is 13.8 Å². The van der Waals surface area contributed by atoms with Crippen LogP contribution in [0.1, 0.15) is 34.9 Å². The summed E-state index contributed by atoms with van der Waals surface area (Å²) in [6.45, 7) is 8.24. The van der Waals surface area contributed by atoms with E-state index in [1.54, 1.807) is 0 Å². The van der Waals surface area contributed by atoms with Crippen LogP contribution >= 0.6 is 0 Å². The maximum atomic E-state index is 4.46. The molecule has 100 valence electrons. The van der Waals surface area contributed by atoms with Crippen LogP contribution in [0.15, 0.2) is 36.5 Å². The first-order valence-electron chi connectivity index (χ1n) is 6.91. The average molecular weight is 254 g/mol. The van der Waals surface area contributed by atoms with Crippen molar-refractivity contribution in [3.05, 3.63) is 64.5 Å². The summed E-state index contributed by atoms with van der Waals surface area (Å²) < 4.78 is 0. The number of hydrogen-bond donors (Lipinski definition) is 1. The summed E-state index contributed by atoms with van der Waals surface area (Å²) in [6.07, 6.45) is 2.91. The Morgan fingerprint density at radius 1 is 1.00 bits per heavy atom. The molecule has 0 saturated carbocycles. The lowest BCUT2D eigenvalue weighted by Crippen LogP contribution is -2.16. The second-order valence-corrected chi connectivity index (χ2v) is 4.94. The highest BCUT2D eigenvalue weighted by Crippen LogP contribution is 2.13. The predicted molar refractivity (Wildman–Crippen MR) is 80.1 cm³/mol. The standard InChI is InChI=1S/C17H22N2/c1-4-15-9-6-10-19-17(15)12-18-11-16-13(2)7-5-8-14(16)3/h5-10,18H,4,11-12H2,1-3H3. The number of hydrogen-bond acceptors (Lipinski definition) is 2. The molecule has 0 spiro atoms. The van der Waals surface area contributed by atoms with Crippen molar-refractivity contribution in [1.29, 1.82) is 0 Å². The van der Waals surface area contributed by atoms with E-state index >= 15 is 0 Å². The fourth-order valence-corrected chi connectivity index (χ4v) is 2.39. The minimum atomic E-state index is 0.831. The molecule has 2 aromatic rings. The van der Waals surface area contributed by atoms with Crippen LogP contribution in [0.2, 0.25) is 0 Å². The van der Waals surface area contributed by atoms with Crippen molar-refractivity contribution in [2.45, 2.75) is 40.3 Å². The summed E-state index contributed by atoms with van der Waals surface area (Å²) in [4.78, 5) is 4.46. The van der Waals surface area contributed by atoms with Gasteiger partial charge in [0.15, 0.2) is 0 Å². The van der Waals surface area contributed by atoms with E-state index in [0.717, 1.165) is 25.2 Å². The third-order valence-corrected chi connectivity index (χ3v) is 3.60. The first-order valence-corrected chi connectivity index (χ1v) is 6.91. The van der Waals surface area contributed by atoms with Gasteiger partial charge in [-0.25, -0.2) is 0 Å². The quantitative estimate of drug-likeness (QED) is 0.882. The Balaban J connectivity index is 2.00. The largest absolute Gasteiger partial charge is 0.307 e. The molecule has 1 aromatic heterocycles. The van der Waals surface area contributed by atoms with Crippen LogP contribution < -0.4 is 5.32 Å². The molecule has 0 aliphatic rings. The Morgan fingerprint density at radius 3 is 2.42 bits per heavy atom. The zero-order chi connectivity index (χ0) is 13.7. The van der Waals surface area contributed by atoms with Gasteiger partial charge < -0.3 is 5.32 Å². The molecule has 2 rings (SSSR count). The molecular weight excluding hydrogens is 232 g/mol. The molecule has 2 heteroatoms. The maximum absolute atomic E-state index is 4.46. The summed E-state index contributed by atoms with van der Waals surface area (Å²) in [5, 5.41) is 3.51. The average Bonchev–Trinajstić information content (AvgIpc) is 2.42. The van der Waals surface area contributed by atoms with Gasteiger partial charge in [0, 0.05) is 19.3 Å². The molecule has 0 atom stereocenters. The van der Waals surface area contributed by atoms with Gasteiger partial charge in [0.05, 0.1) is 5.69 Å². The molecule has 0 radical (unpaired) electrons. The zero-order valence-electron chi connectivity index (χ0n) is 12.0. The van der Waals surface area contributed by atoms with E-state index in [2.05, 4.69) is 55.3 Å². The van der Waals surface area contributed by atoms with Crippen LogP contribution in [0.5, 0.6) is 0 Å². The van der Waals surface area contributed by atoms with Gasteiger partial charge in [-0.15, -0.1) is 0 Å². The summed E-state index contributed by atoms with van der Waals surface area (Å²) >= 11 is 0. The second kappa shape index (κ2) is 6.48. The van der Waals surface area contributed by atoms with E-state index < -0.39 is 0 Å². The summed E-state index contributed by atoms with van der Waals surface area (Å²) in [5.74, 6) is 0. The van der Waals surface area contributed by atoms with Gasteiger partial charge in [-0.2, -0.15) is 0 Å². The van der Waals surface area contributed by atoms with Crippen molar-refractivity contribution in [3.8, 4) is 0 Å². The van der Waals surface area contributed by atoms with Gasteiger partial charge in [0.1, 0.15) is 0 Å². The highest BCUT2D eigenvalue weighted by Gasteiger charge is 2.04. The van der Waals surface area contributed by atoms with Gasteiger partial charge >= 0.3 is 0 Å². The van der Waals surface area contributed by atoms with Crippen molar-refractivity contribution < 1.29 is 0 Å². The van der Waals surface area contributed by atoms with Crippen LogP contribution in [0.3, 0.4) is 0 Å². The van der Waals surface area contributed by atoms with E-state index in [1.807, 2.05) is 12.3 Å². The smallest absolute Gasteiger partial charge is 0.0573 e. The number of aromatic nitrogens is 1. The van der Waals surface area contributed by atoms with Crippen molar-refractivity contribution in [2.75, 3.05) is 0 Å². The minimum Gasteiger partial charge on any atom is -0.307 e. The molecule has 0 amide bonds. The molecule has 1 heterocycles. The molecule has 19 heavy (non-hydrogen) atoms. The van der Waals surface area contributed by atoms with E-state index in [0.29, 0.717) is 0 Å². The number of nitrogens with one attached hydrogen (secondary N) is 1. The fourth-order valence-electron chi connectivity index (χ4n) is 2.39. The molecule has 1 N–H and O–H groups in total. The van der Waals surface area contributed by atoms with Crippen molar-refractivity contribution in [2.24, 2.45) is 0 Å². The lowest BCUT2D eigenvalue weighted by molar-refractivity contribution is 0.669. The van der Waals surface area contributed by atoms with E-state index in [-0.39, 0.29) is 0 Å². The van der Waals surface area contributed by atoms with Gasteiger partial charge in [-0.3, -0.25) is 4.98 Å². The number of benzene rings is 1. The topological polar surface area (TPSA) is 24.9 Å². The monoisotopic (exact) mass is 254 g/mol. The van der Waals surface area contributed by atoms with Crippen LogP contribution in [-0.4, -0.2) is 4.98 Å². The highest BCUT2D eigenvalue weighted by molar-refractivity contribution is 5.33. The van der Waals surface area contributed by atoms with Gasteiger partial charge in [-0.05, 0) is 48.6 Å². The Hall–Kier alpha value is -1.67. The number of pyridine rings is 1. The van der Waals surface area contributed by atoms with E-state index in [1.165, 1.54) is 22.3 Å². The van der Waals surface area contributed by atoms with Crippen molar-refractivity contribution in [1.82, 2.24) is 10.3 Å². The second-order valence-electron chi connectivity index (χ2n) is 4.94. The normalized spacial score (nSPS) is 10.7. The number of nitrogens with zero attached hydrogens (tertiary/aromatic N) is 1. The SMILES string of the molecule is CCc1cccnc1CNCc1c(C)cccc1C. The predicted octanol–water partition coefficient (Wildman–Crippen LogP) is 3.55. The number of rotatable bonds is 5. The van der Waals surface area contributed by atoms with Crippen LogP contribution in [0.25, 0.3) is 0 Å². The lowest BCUT2D eigenvalue weighted by atomic mass is 10.0. The van der Waals surface area contributed by atoms with Gasteiger partial charge in [0.25, 0.3) is 0 Å². The molecule has 0 saturated heterocycles. The van der Waals surface area contributed by atoms with E-state index in [4.69, 9.17) is 0 Å². The summed E-state index contributed by atoms with van der Waals surface area (Å²) in [5.41, 5.74) is 6.60. The highest BCUT2D eigenvalue weighted by atomic mass is 14.9. The zero-order valence-corrected chi connectivity index (χ0v) is 12.0. The van der Waals surface area contributed by atoms with Crippen LogP contribution in [0.4, 0.5) is 0 Å². The molecule has 0 bridgehead atoms. The minimum absolute atomic E-state index is 0.831. The third-order valence-electron chi connectivity index (χ3n) is 3.60. The Kier molecular flexibility index (Phi) is 4.69. The molecular formula is C17H22N2. The molecule has 0 aliphatic heterocycles. The fraction of sp³-hybridized carbons (Fsp3) is 0.353. The first kappa shape index (κ1) is 13.8. The molecule has 0 unspecified atom stereocenters. The Labute approximate surface area is 115 Å². The Morgan fingerprint density at radius 2 is 1.74 bits per heavy atom. The lowest BCUT2D eigenvalue weighted by Gasteiger charge is -2.12. The first-order chi connectivity index (χ1) is 9.22. The molecule has 1 aromatic carbocycles. The maximum Gasteiger partial charge on any atom is 0.0573 e. The van der Waals surface area contributed by atoms with E-state index in [9.17, 15) is 0 Å². The molecule has 2 nitrogen and oxygen atoms in total. The van der Waals surface area contributed by atoms with Gasteiger partial charge in [0.2, 0.25) is 0 Å². The molecule has 0 fully saturated rings. The van der Waals surface area contributed by atoms with Gasteiger partial charge in [-0.1, -0.05) is 31.2 Å². The summed E-state index contributed by atoms with van der Waals surface area (Å²) in [7, 11) is 0. The van der Waals surface area contributed by atoms with Crippen LogP contribution in [-0.2, 0) is 19.5 Å². The third kappa shape index (κ3) is 3.42. The molecule has 0 aliphatic carbocycles. The number of aryl methyl sites for hydroxylation is 3. The van der Waals surface area contributed by atoms with Crippen molar-refractivity contribution in [3.63, 3.8) is 0 Å². The van der Waals surface area contributed by atoms with Crippen molar-refractivity contribution >= 4 is 0 Å². The summed E-state index contributed by atoms with van der Waals surface area (Å²) in [6, 6.07) is 10.6.